The maximum Gasteiger partial charge on any atom is 0.322 e. The van der Waals surface area contributed by atoms with Gasteiger partial charge in [-0.25, -0.2) is 0 Å². The molecule has 27 heavy (non-hydrogen) atoms. The molecule has 1 heterocycles. The van der Waals surface area contributed by atoms with Crippen LogP contribution in [-0.2, 0) is 6.42 Å². The molecule has 0 aliphatic rings. The predicted molar refractivity (Wildman–Crippen MR) is 108 cm³/mol. The van der Waals surface area contributed by atoms with Gasteiger partial charge in [0.15, 0.2) is 0 Å². The van der Waals surface area contributed by atoms with Crippen molar-refractivity contribution in [2.75, 3.05) is 5.32 Å². The summed E-state index contributed by atoms with van der Waals surface area (Å²) in [4.78, 5) is 13.6. The first-order valence-corrected chi connectivity index (χ1v) is 9.74. The Morgan fingerprint density at radius 1 is 1.07 bits per heavy atom. The number of nitrogens with one attached hydrogen (secondary N) is 1. The number of benzene rings is 2. The molecule has 0 saturated heterocycles. The van der Waals surface area contributed by atoms with Crippen LogP contribution in [0.2, 0.25) is 0 Å². The Labute approximate surface area is 163 Å². The second-order valence-corrected chi connectivity index (χ2v) is 8.47. The fraction of sp³-hybridized carbons (Fsp3) is 0.286. The first-order chi connectivity index (χ1) is 12.9. The Hall–Kier alpha value is -2.60. The third-order valence-electron chi connectivity index (χ3n) is 3.82. The molecule has 0 aliphatic heterocycles. The van der Waals surface area contributed by atoms with Gasteiger partial charge in [0.1, 0.15) is 0 Å². The molecule has 1 aromatic heterocycles. The van der Waals surface area contributed by atoms with Gasteiger partial charge in [-0.1, -0.05) is 48.3 Å². The Morgan fingerprint density at radius 2 is 1.74 bits per heavy atom. The van der Waals surface area contributed by atoms with E-state index in [2.05, 4.69) is 53.6 Å². The third kappa shape index (κ3) is 5.44. The average Bonchev–Trinajstić information content (AvgIpc) is 3.02. The van der Waals surface area contributed by atoms with Gasteiger partial charge in [-0.3, -0.25) is 10.1 Å². The zero-order chi connectivity index (χ0) is 19.4. The topological polar surface area (TPSA) is 68.0 Å². The summed E-state index contributed by atoms with van der Waals surface area (Å²) in [6, 6.07) is 14.1. The number of aryl methyl sites for hydroxylation is 2. The van der Waals surface area contributed by atoms with Crippen LogP contribution in [0.1, 0.15) is 46.8 Å². The van der Waals surface area contributed by atoms with Gasteiger partial charge in [-0.15, -0.1) is 16.9 Å². The summed E-state index contributed by atoms with van der Waals surface area (Å²) in [5.74, 6) is 0.210. The van der Waals surface area contributed by atoms with Crippen LogP contribution in [0.4, 0.5) is 6.01 Å². The minimum Gasteiger partial charge on any atom is -0.407 e. The number of aromatic nitrogens is 2. The molecule has 3 rings (SSSR count). The molecule has 1 amide bonds. The SMILES string of the molecule is Cc1cc(C)cc(C(=O)Nc2nnc(Cc3ccc(SC(C)C)cc3)o2)c1. The lowest BCUT2D eigenvalue weighted by Gasteiger charge is -2.05. The number of hydrogen-bond acceptors (Lipinski definition) is 5. The van der Waals surface area contributed by atoms with Gasteiger partial charge in [-0.2, -0.15) is 0 Å². The molecule has 0 saturated carbocycles. The number of hydrogen-bond donors (Lipinski definition) is 1. The third-order valence-corrected chi connectivity index (χ3v) is 4.84. The van der Waals surface area contributed by atoms with Gasteiger partial charge in [-0.05, 0) is 43.7 Å². The maximum absolute atomic E-state index is 12.4. The molecule has 0 aliphatic carbocycles. The van der Waals surface area contributed by atoms with Gasteiger partial charge in [0.2, 0.25) is 5.89 Å². The van der Waals surface area contributed by atoms with E-state index in [0.29, 0.717) is 23.1 Å². The smallest absolute Gasteiger partial charge is 0.322 e. The molecular weight excluding hydrogens is 358 g/mol. The van der Waals surface area contributed by atoms with E-state index < -0.39 is 0 Å². The summed E-state index contributed by atoms with van der Waals surface area (Å²) >= 11 is 1.83. The van der Waals surface area contributed by atoms with Gasteiger partial charge in [0.05, 0.1) is 6.42 Å². The second-order valence-electron chi connectivity index (χ2n) is 6.82. The normalized spacial score (nSPS) is 11.0. The molecule has 0 bridgehead atoms. The van der Waals surface area contributed by atoms with E-state index in [-0.39, 0.29) is 11.9 Å². The lowest BCUT2D eigenvalue weighted by atomic mass is 10.1. The van der Waals surface area contributed by atoms with E-state index >= 15 is 0 Å². The molecule has 140 valence electrons. The van der Waals surface area contributed by atoms with Crippen molar-refractivity contribution in [1.29, 1.82) is 0 Å². The van der Waals surface area contributed by atoms with Gasteiger partial charge < -0.3 is 4.42 Å². The number of nitrogens with zero attached hydrogens (tertiary/aromatic N) is 2. The lowest BCUT2D eigenvalue weighted by Crippen LogP contribution is -2.12. The van der Waals surface area contributed by atoms with Crippen LogP contribution in [0.15, 0.2) is 51.8 Å². The highest BCUT2D eigenvalue weighted by Crippen LogP contribution is 2.23. The highest BCUT2D eigenvalue weighted by molar-refractivity contribution is 7.99. The molecular formula is C21H23N3O2S. The van der Waals surface area contributed by atoms with Crippen molar-refractivity contribution in [2.45, 2.75) is 44.3 Å². The van der Waals surface area contributed by atoms with Gasteiger partial charge in [0.25, 0.3) is 5.91 Å². The van der Waals surface area contributed by atoms with Crippen LogP contribution in [0.3, 0.4) is 0 Å². The molecule has 0 fully saturated rings. The number of thioether (sulfide) groups is 1. The minimum absolute atomic E-state index is 0.112. The summed E-state index contributed by atoms with van der Waals surface area (Å²) in [5, 5.41) is 11.2. The first kappa shape index (κ1) is 19.2. The summed E-state index contributed by atoms with van der Waals surface area (Å²) in [6.07, 6.45) is 0.527. The van der Waals surface area contributed by atoms with Crippen molar-refractivity contribution in [3.63, 3.8) is 0 Å². The Balaban J connectivity index is 1.63. The van der Waals surface area contributed by atoms with Crippen LogP contribution < -0.4 is 5.32 Å². The van der Waals surface area contributed by atoms with E-state index in [1.165, 1.54) is 4.90 Å². The van der Waals surface area contributed by atoms with Crippen molar-refractivity contribution in [2.24, 2.45) is 0 Å². The largest absolute Gasteiger partial charge is 0.407 e. The molecule has 2 aromatic carbocycles. The Bertz CT molecular complexity index is 913. The van der Waals surface area contributed by atoms with Crippen LogP contribution in [0, 0.1) is 13.8 Å². The molecule has 3 aromatic rings. The molecule has 0 unspecified atom stereocenters. The highest BCUT2D eigenvalue weighted by Gasteiger charge is 2.13. The van der Waals surface area contributed by atoms with Crippen molar-refractivity contribution in [3.05, 3.63) is 70.6 Å². The van der Waals surface area contributed by atoms with Gasteiger partial charge >= 0.3 is 6.01 Å². The highest BCUT2D eigenvalue weighted by atomic mass is 32.2. The summed E-state index contributed by atoms with van der Waals surface area (Å²) in [6.45, 7) is 8.26. The Kier molecular flexibility index (Phi) is 5.96. The molecule has 6 heteroatoms. The molecule has 1 N–H and O–H groups in total. The summed E-state index contributed by atoms with van der Waals surface area (Å²) < 4.78 is 5.58. The maximum atomic E-state index is 12.4. The fourth-order valence-electron chi connectivity index (χ4n) is 2.78. The van der Waals surface area contributed by atoms with Crippen molar-refractivity contribution >= 4 is 23.7 Å². The van der Waals surface area contributed by atoms with E-state index in [4.69, 9.17) is 4.42 Å². The van der Waals surface area contributed by atoms with Crippen molar-refractivity contribution in [3.8, 4) is 0 Å². The van der Waals surface area contributed by atoms with Crippen LogP contribution in [0.5, 0.6) is 0 Å². The zero-order valence-corrected chi connectivity index (χ0v) is 16.8. The number of amides is 1. The molecule has 0 atom stereocenters. The summed E-state index contributed by atoms with van der Waals surface area (Å²) in [7, 11) is 0. The molecule has 0 spiro atoms. The second kappa shape index (κ2) is 8.39. The zero-order valence-electron chi connectivity index (χ0n) is 15.9. The van der Waals surface area contributed by atoms with E-state index in [1.807, 2.05) is 43.8 Å². The van der Waals surface area contributed by atoms with E-state index in [0.717, 1.165) is 16.7 Å². The van der Waals surface area contributed by atoms with Crippen LogP contribution >= 0.6 is 11.8 Å². The number of carbonyl (C=O) groups excluding carboxylic acids is 1. The van der Waals surface area contributed by atoms with E-state index in [1.54, 1.807) is 0 Å². The number of anilines is 1. The van der Waals surface area contributed by atoms with Gasteiger partial charge in [0, 0.05) is 15.7 Å². The molecule has 0 radical (unpaired) electrons. The fourth-order valence-corrected chi connectivity index (χ4v) is 3.62. The lowest BCUT2D eigenvalue weighted by molar-refractivity contribution is 0.102. The number of rotatable bonds is 6. The van der Waals surface area contributed by atoms with Crippen molar-refractivity contribution in [1.82, 2.24) is 10.2 Å². The quantitative estimate of drug-likeness (QED) is 0.607. The summed E-state index contributed by atoms with van der Waals surface area (Å²) in [5.41, 5.74) is 3.72. The first-order valence-electron chi connectivity index (χ1n) is 8.86. The van der Waals surface area contributed by atoms with Crippen LogP contribution in [0.25, 0.3) is 0 Å². The van der Waals surface area contributed by atoms with E-state index in [9.17, 15) is 4.79 Å². The van der Waals surface area contributed by atoms with Crippen LogP contribution in [-0.4, -0.2) is 21.4 Å². The average molecular weight is 382 g/mol. The standard InChI is InChI=1S/C21H23N3O2S/c1-13(2)27-18-7-5-16(6-8-18)12-19-23-24-21(26-19)22-20(25)17-10-14(3)9-15(4)11-17/h5-11,13H,12H2,1-4H3,(H,22,24,25). The predicted octanol–water partition coefficient (Wildman–Crippen LogP) is 5.03. The monoisotopic (exact) mass is 381 g/mol. The molecule has 5 nitrogen and oxygen atoms in total. The minimum atomic E-state index is -0.257. The Morgan fingerprint density at radius 3 is 2.37 bits per heavy atom. The van der Waals surface area contributed by atoms with Crippen molar-refractivity contribution < 1.29 is 9.21 Å². The number of carbonyl (C=O) groups is 1.